The third-order valence-electron chi connectivity index (χ3n) is 4.82. The predicted molar refractivity (Wildman–Crippen MR) is 96.5 cm³/mol. The van der Waals surface area contributed by atoms with Crippen molar-refractivity contribution in [2.75, 3.05) is 0 Å². The molecule has 0 unspecified atom stereocenters. The largest absolute Gasteiger partial charge is 0.428 e. The quantitative estimate of drug-likeness (QED) is 0.478. The molecular weight excluding hydrogens is 304 g/mol. The first-order valence-electron chi connectivity index (χ1n) is 9.05. The van der Waals surface area contributed by atoms with Gasteiger partial charge < -0.3 is 10.9 Å². The van der Waals surface area contributed by atoms with Crippen LogP contribution >= 0.6 is 0 Å². The SMILES string of the molecule is Cc1c(C)n(O)c(CCCCCCCCCCC(N)=O)c(C)c1=O. The van der Waals surface area contributed by atoms with Crippen LogP contribution in [0, 0.1) is 20.8 Å². The van der Waals surface area contributed by atoms with Crippen LogP contribution in [0.25, 0.3) is 0 Å². The molecular formula is C19H32N2O3. The molecule has 0 saturated heterocycles. The third-order valence-corrected chi connectivity index (χ3v) is 4.82. The smallest absolute Gasteiger partial charge is 0.217 e. The zero-order chi connectivity index (χ0) is 18.1. The maximum absolute atomic E-state index is 12.1. The minimum Gasteiger partial charge on any atom is -0.428 e. The van der Waals surface area contributed by atoms with Crippen molar-refractivity contribution >= 4 is 5.91 Å². The molecule has 3 N–H and O–H groups in total. The summed E-state index contributed by atoms with van der Waals surface area (Å²) in [4.78, 5) is 22.7. The van der Waals surface area contributed by atoms with Crippen molar-refractivity contribution in [1.29, 1.82) is 0 Å². The van der Waals surface area contributed by atoms with Gasteiger partial charge in [0.1, 0.15) is 0 Å². The van der Waals surface area contributed by atoms with E-state index >= 15 is 0 Å². The fraction of sp³-hybridized carbons (Fsp3) is 0.684. The monoisotopic (exact) mass is 336 g/mol. The van der Waals surface area contributed by atoms with Crippen molar-refractivity contribution in [3.05, 3.63) is 32.7 Å². The van der Waals surface area contributed by atoms with E-state index in [9.17, 15) is 14.8 Å². The van der Waals surface area contributed by atoms with E-state index < -0.39 is 0 Å². The molecule has 1 aromatic rings. The Labute approximate surface area is 144 Å². The summed E-state index contributed by atoms with van der Waals surface area (Å²) in [6.45, 7) is 5.32. The number of aromatic nitrogens is 1. The normalized spacial score (nSPS) is 11.0. The Kier molecular flexibility index (Phi) is 8.58. The van der Waals surface area contributed by atoms with Gasteiger partial charge in [-0.25, -0.2) is 0 Å². The van der Waals surface area contributed by atoms with Gasteiger partial charge in [0.25, 0.3) is 0 Å². The van der Waals surface area contributed by atoms with E-state index in [4.69, 9.17) is 5.73 Å². The zero-order valence-corrected chi connectivity index (χ0v) is 15.4. The molecule has 5 nitrogen and oxygen atoms in total. The van der Waals surface area contributed by atoms with Gasteiger partial charge >= 0.3 is 0 Å². The van der Waals surface area contributed by atoms with Crippen LogP contribution in [0.4, 0.5) is 0 Å². The van der Waals surface area contributed by atoms with Gasteiger partial charge in [-0.2, -0.15) is 4.73 Å². The van der Waals surface area contributed by atoms with Crippen LogP contribution in [0.1, 0.15) is 80.3 Å². The van der Waals surface area contributed by atoms with Crippen LogP contribution in [-0.4, -0.2) is 15.8 Å². The first kappa shape index (κ1) is 20.3. The average molecular weight is 336 g/mol. The van der Waals surface area contributed by atoms with E-state index in [1.165, 1.54) is 17.6 Å². The summed E-state index contributed by atoms with van der Waals surface area (Å²) in [5.74, 6) is -0.209. The van der Waals surface area contributed by atoms with E-state index in [0.29, 0.717) is 23.2 Å². The van der Waals surface area contributed by atoms with Gasteiger partial charge in [-0.05, 0) is 40.0 Å². The van der Waals surface area contributed by atoms with Crippen molar-refractivity contribution in [2.24, 2.45) is 5.73 Å². The summed E-state index contributed by atoms with van der Waals surface area (Å²) in [6, 6.07) is 0. The van der Waals surface area contributed by atoms with Crippen molar-refractivity contribution in [3.8, 4) is 0 Å². The van der Waals surface area contributed by atoms with Gasteiger partial charge in [0.05, 0.1) is 11.4 Å². The summed E-state index contributed by atoms with van der Waals surface area (Å²) in [6.07, 6.45) is 9.97. The van der Waals surface area contributed by atoms with Gasteiger partial charge in [0.15, 0.2) is 5.43 Å². The number of nitrogens with two attached hydrogens (primary N) is 1. The minimum absolute atomic E-state index is 0.0451. The van der Waals surface area contributed by atoms with Crippen LogP contribution in [0.15, 0.2) is 4.79 Å². The average Bonchev–Trinajstić information content (AvgIpc) is 2.55. The summed E-state index contributed by atoms with van der Waals surface area (Å²) >= 11 is 0. The summed E-state index contributed by atoms with van der Waals surface area (Å²) in [7, 11) is 0. The lowest BCUT2D eigenvalue weighted by atomic mass is 10.0. The van der Waals surface area contributed by atoms with Crippen molar-refractivity contribution in [2.45, 2.75) is 85.0 Å². The fourth-order valence-electron chi connectivity index (χ4n) is 3.04. The number of carbonyl (C=O) groups is 1. The Morgan fingerprint density at radius 3 is 1.96 bits per heavy atom. The molecule has 1 heterocycles. The molecule has 0 spiro atoms. The lowest BCUT2D eigenvalue weighted by Crippen LogP contribution is -2.21. The molecule has 5 heteroatoms. The Hall–Kier alpha value is -1.78. The lowest BCUT2D eigenvalue weighted by molar-refractivity contribution is -0.118. The summed E-state index contributed by atoms with van der Waals surface area (Å²) < 4.78 is 1.19. The van der Waals surface area contributed by atoms with Crippen molar-refractivity contribution < 1.29 is 10.0 Å². The molecule has 0 saturated carbocycles. The van der Waals surface area contributed by atoms with Gasteiger partial charge in [-0.1, -0.05) is 38.5 Å². The first-order valence-corrected chi connectivity index (χ1v) is 9.05. The van der Waals surface area contributed by atoms with Crippen LogP contribution in [-0.2, 0) is 11.2 Å². The molecule has 1 rings (SSSR count). The van der Waals surface area contributed by atoms with E-state index in [2.05, 4.69) is 0 Å². The number of hydrogen-bond acceptors (Lipinski definition) is 3. The van der Waals surface area contributed by atoms with Gasteiger partial charge in [0, 0.05) is 17.5 Å². The molecule has 0 aromatic carbocycles. The number of hydrogen-bond donors (Lipinski definition) is 2. The van der Waals surface area contributed by atoms with E-state index in [0.717, 1.165) is 50.6 Å². The van der Waals surface area contributed by atoms with Crippen molar-refractivity contribution in [3.63, 3.8) is 0 Å². The van der Waals surface area contributed by atoms with Gasteiger partial charge in [-0.3, -0.25) is 9.59 Å². The molecule has 136 valence electrons. The van der Waals surface area contributed by atoms with Gasteiger partial charge in [-0.15, -0.1) is 0 Å². The van der Waals surface area contributed by atoms with Crippen LogP contribution in [0.2, 0.25) is 0 Å². The van der Waals surface area contributed by atoms with E-state index in [1.807, 2.05) is 0 Å². The Bertz CT molecular complexity index is 606. The fourth-order valence-corrected chi connectivity index (χ4v) is 3.04. The summed E-state index contributed by atoms with van der Waals surface area (Å²) in [5.41, 5.74) is 7.81. The maximum Gasteiger partial charge on any atom is 0.217 e. The maximum atomic E-state index is 12.1. The van der Waals surface area contributed by atoms with Crippen LogP contribution in [0.3, 0.4) is 0 Å². The van der Waals surface area contributed by atoms with Crippen molar-refractivity contribution in [1.82, 2.24) is 4.73 Å². The highest BCUT2D eigenvalue weighted by molar-refractivity contribution is 5.73. The summed E-state index contributed by atoms with van der Waals surface area (Å²) in [5, 5.41) is 10.2. The molecule has 0 radical (unpaired) electrons. The first-order chi connectivity index (χ1) is 11.4. The Morgan fingerprint density at radius 2 is 1.42 bits per heavy atom. The molecule has 0 aliphatic heterocycles. The zero-order valence-electron chi connectivity index (χ0n) is 15.4. The molecule has 0 atom stereocenters. The molecule has 0 aliphatic carbocycles. The molecule has 0 aliphatic rings. The number of unbranched alkanes of at least 4 members (excludes halogenated alkanes) is 7. The second kappa shape index (κ2) is 10.2. The predicted octanol–water partition coefficient (Wildman–Crippen LogP) is 3.55. The van der Waals surface area contributed by atoms with Crippen LogP contribution in [0.5, 0.6) is 0 Å². The highest BCUT2D eigenvalue weighted by Gasteiger charge is 2.13. The topological polar surface area (TPSA) is 85.3 Å². The minimum atomic E-state index is -0.209. The molecule has 0 bridgehead atoms. The Balaban J connectivity index is 2.25. The number of amides is 1. The Morgan fingerprint density at radius 1 is 0.917 bits per heavy atom. The molecule has 1 amide bonds. The number of nitrogens with zero attached hydrogens (tertiary/aromatic N) is 1. The molecule has 24 heavy (non-hydrogen) atoms. The number of pyridine rings is 1. The third kappa shape index (κ3) is 6.02. The standard InChI is InChI=1S/C19H32N2O3/c1-14-16(3)21(24)17(15(2)19(14)23)12-10-8-6-4-5-7-9-11-13-18(20)22/h24H,4-13H2,1-3H3,(H2,20,22). The van der Waals surface area contributed by atoms with E-state index in [1.54, 1.807) is 20.8 Å². The lowest BCUT2D eigenvalue weighted by Gasteiger charge is -2.15. The highest BCUT2D eigenvalue weighted by atomic mass is 16.5. The second-order valence-electron chi connectivity index (χ2n) is 6.72. The van der Waals surface area contributed by atoms with Gasteiger partial charge in [0.2, 0.25) is 5.91 Å². The highest BCUT2D eigenvalue weighted by Crippen LogP contribution is 2.15. The molecule has 1 aromatic heterocycles. The number of primary amides is 1. The number of carbonyl (C=O) groups excluding carboxylic acids is 1. The van der Waals surface area contributed by atoms with E-state index in [-0.39, 0.29) is 11.3 Å². The molecule has 0 fully saturated rings. The second-order valence-corrected chi connectivity index (χ2v) is 6.72. The van der Waals surface area contributed by atoms with Crippen LogP contribution < -0.4 is 11.2 Å². The number of rotatable bonds is 11.